The molecule has 0 saturated heterocycles. The first-order valence-corrected chi connectivity index (χ1v) is 7.96. The van der Waals surface area contributed by atoms with Crippen molar-refractivity contribution in [1.29, 1.82) is 0 Å². The molecule has 0 aliphatic rings. The lowest BCUT2D eigenvalue weighted by Gasteiger charge is -2.06. The molecule has 134 valence electrons. The first-order chi connectivity index (χ1) is 12.3. The number of benzene rings is 2. The van der Waals surface area contributed by atoms with Crippen molar-refractivity contribution in [2.24, 2.45) is 0 Å². The molecule has 1 N–H and O–H groups in total. The van der Waals surface area contributed by atoms with Crippen molar-refractivity contribution in [2.45, 2.75) is 13.5 Å². The van der Waals surface area contributed by atoms with Gasteiger partial charge in [-0.05, 0) is 36.8 Å². The van der Waals surface area contributed by atoms with Crippen LogP contribution in [0.15, 0.2) is 42.5 Å². The molecule has 1 heterocycles. The topological polar surface area (TPSA) is 46.9 Å². The van der Waals surface area contributed by atoms with Crippen molar-refractivity contribution in [3.8, 4) is 0 Å². The van der Waals surface area contributed by atoms with Crippen LogP contribution in [-0.4, -0.2) is 15.7 Å². The SMILES string of the molecule is Cc1nn(Cc2ccc(F)cc2)c(Cl)c1C(=O)Nc1ccc(F)c(F)c1. The Morgan fingerprint density at radius 3 is 2.46 bits per heavy atom. The number of hydrogen-bond acceptors (Lipinski definition) is 2. The summed E-state index contributed by atoms with van der Waals surface area (Å²) in [5, 5.41) is 6.77. The molecule has 0 saturated carbocycles. The number of hydrogen-bond donors (Lipinski definition) is 1. The first kappa shape index (κ1) is 18.0. The van der Waals surface area contributed by atoms with Gasteiger partial charge in [-0.2, -0.15) is 5.10 Å². The van der Waals surface area contributed by atoms with Crippen molar-refractivity contribution in [2.75, 3.05) is 5.32 Å². The summed E-state index contributed by atoms with van der Waals surface area (Å²) in [6.07, 6.45) is 0. The smallest absolute Gasteiger partial charge is 0.260 e. The minimum atomic E-state index is -1.07. The average molecular weight is 380 g/mol. The highest BCUT2D eigenvalue weighted by Gasteiger charge is 2.21. The zero-order chi connectivity index (χ0) is 18.8. The second kappa shape index (κ2) is 7.21. The number of nitrogens with zero attached hydrogens (tertiary/aromatic N) is 2. The van der Waals surface area contributed by atoms with E-state index in [9.17, 15) is 18.0 Å². The second-order valence-corrected chi connectivity index (χ2v) is 5.98. The zero-order valence-electron chi connectivity index (χ0n) is 13.6. The van der Waals surface area contributed by atoms with Crippen LogP contribution in [0.1, 0.15) is 21.6 Å². The van der Waals surface area contributed by atoms with E-state index < -0.39 is 17.5 Å². The Balaban J connectivity index is 1.83. The molecule has 3 rings (SSSR count). The normalized spacial score (nSPS) is 10.8. The summed E-state index contributed by atoms with van der Waals surface area (Å²) in [7, 11) is 0. The van der Waals surface area contributed by atoms with Crippen LogP contribution in [0.25, 0.3) is 0 Å². The fraction of sp³-hybridized carbons (Fsp3) is 0.111. The van der Waals surface area contributed by atoms with E-state index in [1.807, 2.05) is 0 Å². The molecule has 0 fully saturated rings. The third-order valence-corrected chi connectivity index (χ3v) is 4.10. The zero-order valence-corrected chi connectivity index (χ0v) is 14.3. The fourth-order valence-electron chi connectivity index (χ4n) is 2.45. The number of carbonyl (C=O) groups is 1. The number of aromatic nitrogens is 2. The summed E-state index contributed by atoms with van der Waals surface area (Å²) in [6, 6.07) is 8.83. The van der Waals surface area contributed by atoms with Crippen LogP contribution < -0.4 is 5.32 Å². The van der Waals surface area contributed by atoms with Gasteiger partial charge in [-0.15, -0.1) is 0 Å². The maximum absolute atomic E-state index is 13.3. The molecule has 0 aliphatic carbocycles. The molecule has 1 amide bonds. The van der Waals surface area contributed by atoms with Crippen LogP contribution in [-0.2, 0) is 6.54 Å². The number of nitrogens with one attached hydrogen (secondary N) is 1. The van der Waals surface area contributed by atoms with E-state index >= 15 is 0 Å². The third-order valence-electron chi connectivity index (χ3n) is 3.72. The molecule has 3 aromatic rings. The number of halogens is 4. The second-order valence-electron chi connectivity index (χ2n) is 5.62. The third kappa shape index (κ3) is 3.72. The van der Waals surface area contributed by atoms with Gasteiger partial charge in [-0.1, -0.05) is 23.7 Å². The molecule has 0 bridgehead atoms. The van der Waals surface area contributed by atoms with Crippen molar-refractivity contribution in [3.05, 3.63) is 81.9 Å². The van der Waals surface area contributed by atoms with Crippen LogP contribution in [0.3, 0.4) is 0 Å². The standard InChI is InChI=1S/C18H13ClF3N3O/c1-10-16(18(26)23-13-6-7-14(21)15(22)8-13)17(19)25(24-10)9-11-2-4-12(20)5-3-11/h2-8H,9H2,1H3,(H,23,26). The highest BCUT2D eigenvalue weighted by Crippen LogP contribution is 2.23. The molecular weight excluding hydrogens is 367 g/mol. The first-order valence-electron chi connectivity index (χ1n) is 7.59. The van der Waals surface area contributed by atoms with Gasteiger partial charge in [0.05, 0.1) is 17.8 Å². The highest BCUT2D eigenvalue weighted by molar-refractivity contribution is 6.33. The minimum Gasteiger partial charge on any atom is -0.322 e. The lowest BCUT2D eigenvalue weighted by Crippen LogP contribution is -2.13. The van der Waals surface area contributed by atoms with E-state index in [-0.39, 0.29) is 28.8 Å². The molecule has 0 radical (unpaired) electrons. The Morgan fingerprint density at radius 1 is 1.12 bits per heavy atom. The van der Waals surface area contributed by atoms with Crippen LogP contribution in [0.4, 0.5) is 18.9 Å². The highest BCUT2D eigenvalue weighted by atomic mass is 35.5. The van der Waals surface area contributed by atoms with E-state index in [1.165, 1.54) is 22.9 Å². The van der Waals surface area contributed by atoms with Crippen molar-refractivity contribution < 1.29 is 18.0 Å². The van der Waals surface area contributed by atoms with Gasteiger partial charge in [0.2, 0.25) is 0 Å². The number of carbonyl (C=O) groups excluding carboxylic acids is 1. The summed E-state index contributed by atoms with van der Waals surface area (Å²) >= 11 is 6.26. The van der Waals surface area contributed by atoms with E-state index in [1.54, 1.807) is 19.1 Å². The lowest BCUT2D eigenvalue weighted by molar-refractivity contribution is 0.102. The number of rotatable bonds is 4. The summed E-state index contributed by atoms with van der Waals surface area (Å²) in [4.78, 5) is 12.4. The van der Waals surface area contributed by atoms with Gasteiger partial charge in [0, 0.05) is 11.8 Å². The van der Waals surface area contributed by atoms with Gasteiger partial charge < -0.3 is 5.32 Å². The average Bonchev–Trinajstić information content (AvgIpc) is 2.87. The van der Waals surface area contributed by atoms with E-state index in [0.717, 1.165) is 17.7 Å². The van der Waals surface area contributed by atoms with E-state index in [0.29, 0.717) is 5.69 Å². The summed E-state index contributed by atoms with van der Waals surface area (Å²) in [6.45, 7) is 1.85. The molecule has 2 aromatic carbocycles. The van der Waals surface area contributed by atoms with Gasteiger partial charge in [0.1, 0.15) is 11.0 Å². The van der Waals surface area contributed by atoms with Crippen LogP contribution in [0.5, 0.6) is 0 Å². The molecule has 0 aliphatic heterocycles. The predicted octanol–water partition coefficient (Wildman–Crippen LogP) is 4.56. The Kier molecular flexibility index (Phi) is 4.99. The Labute approximate surface area is 152 Å². The van der Waals surface area contributed by atoms with Gasteiger partial charge in [-0.3, -0.25) is 4.79 Å². The summed E-state index contributed by atoms with van der Waals surface area (Å²) in [5.74, 6) is -3.03. The van der Waals surface area contributed by atoms with Gasteiger partial charge in [0.25, 0.3) is 5.91 Å². The quantitative estimate of drug-likeness (QED) is 0.722. The maximum Gasteiger partial charge on any atom is 0.260 e. The van der Waals surface area contributed by atoms with E-state index in [4.69, 9.17) is 11.6 Å². The minimum absolute atomic E-state index is 0.0897. The Morgan fingerprint density at radius 2 is 1.81 bits per heavy atom. The maximum atomic E-state index is 13.3. The number of anilines is 1. The molecular formula is C18H13ClF3N3O. The Hall–Kier alpha value is -2.80. The molecule has 26 heavy (non-hydrogen) atoms. The molecule has 0 atom stereocenters. The van der Waals surface area contributed by atoms with Crippen LogP contribution in [0, 0.1) is 24.4 Å². The predicted molar refractivity (Wildman–Crippen MR) is 91.8 cm³/mol. The van der Waals surface area contributed by atoms with Gasteiger partial charge in [-0.25, -0.2) is 17.9 Å². The van der Waals surface area contributed by atoms with E-state index in [2.05, 4.69) is 10.4 Å². The number of amides is 1. The molecule has 8 heteroatoms. The molecule has 1 aromatic heterocycles. The van der Waals surface area contributed by atoms with Crippen LogP contribution in [0.2, 0.25) is 5.15 Å². The molecule has 4 nitrogen and oxygen atoms in total. The summed E-state index contributed by atoms with van der Waals surface area (Å²) < 4.78 is 40.6. The fourth-order valence-corrected chi connectivity index (χ4v) is 2.77. The largest absolute Gasteiger partial charge is 0.322 e. The van der Waals surface area contributed by atoms with Crippen molar-refractivity contribution in [3.63, 3.8) is 0 Å². The number of aryl methyl sites for hydroxylation is 1. The van der Waals surface area contributed by atoms with Crippen molar-refractivity contribution in [1.82, 2.24) is 9.78 Å². The van der Waals surface area contributed by atoms with Gasteiger partial charge >= 0.3 is 0 Å². The van der Waals surface area contributed by atoms with Crippen molar-refractivity contribution >= 4 is 23.2 Å². The summed E-state index contributed by atoms with van der Waals surface area (Å²) in [5.41, 5.74) is 1.34. The monoisotopic (exact) mass is 379 g/mol. The lowest BCUT2D eigenvalue weighted by atomic mass is 10.2. The van der Waals surface area contributed by atoms with Crippen LogP contribution >= 0.6 is 11.6 Å². The molecule has 0 unspecified atom stereocenters. The van der Waals surface area contributed by atoms with Gasteiger partial charge in [0.15, 0.2) is 11.6 Å². The Bertz CT molecular complexity index is 971. The molecule has 0 spiro atoms.